The van der Waals surface area contributed by atoms with Crippen LogP contribution in [0, 0.1) is 6.92 Å². The Balaban J connectivity index is 1.87. The van der Waals surface area contributed by atoms with Gasteiger partial charge in [-0.15, -0.1) is 0 Å². The third kappa shape index (κ3) is 3.92. The maximum atomic E-state index is 12.8. The number of nitrogens with two attached hydrogens (primary N) is 1. The van der Waals surface area contributed by atoms with Gasteiger partial charge in [0.15, 0.2) is 0 Å². The number of rotatable bonds is 7. The number of primary amides is 1. The zero-order valence-corrected chi connectivity index (χ0v) is 14.5. The predicted molar refractivity (Wildman–Crippen MR) is 96.0 cm³/mol. The summed E-state index contributed by atoms with van der Waals surface area (Å²) in [5, 5.41) is 2.59. The summed E-state index contributed by atoms with van der Waals surface area (Å²) in [5.41, 5.74) is 6.13. The number of carbonyl (C=O) groups is 3. The molecule has 1 unspecified atom stereocenters. The molecule has 2 amide bonds. The van der Waals surface area contributed by atoms with E-state index in [-0.39, 0.29) is 12.1 Å². The molecule has 138 valence electrons. The highest BCUT2D eigenvalue weighted by molar-refractivity contribution is 6.38. The van der Waals surface area contributed by atoms with Crippen LogP contribution in [-0.4, -0.2) is 43.2 Å². The molecule has 0 aliphatic carbocycles. The van der Waals surface area contributed by atoms with Gasteiger partial charge in [-0.3, -0.25) is 19.0 Å². The van der Waals surface area contributed by atoms with Gasteiger partial charge in [-0.1, -0.05) is 30.3 Å². The number of H-pyrrole nitrogens is 1. The van der Waals surface area contributed by atoms with Crippen LogP contribution < -0.4 is 11.1 Å². The molecule has 3 aromatic rings. The van der Waals surface area contributed by atoms with Crippen LogP contribution in [0.2, 0.25) is 0 Å². The minimum Gasteiger partial charge on any atom is -0.363 e. The van der Waals surface area contributed by atoms with Gasteiger partial charge in [0.1, 0.15) is 23.4 Å². The Morgan fingerprint density at radius 2 is 1.96 bits per heavy atom. The Morgan fingerprint density at radius 3 is 2.59 bits per heavy atom. The van der Waals surface area contributed by atoms with Crippen molar-refractivity contribution in [2.75, 3.05) is 0 Å². The molecule has 2 aromatic heterocycles. The molecule has 0 radical (unpaired) electrons. The van der Waals surface area contributed by atoms with Crippen LogP contribution >= 0.6 is 0 Å². The van der Waals surface area contributed by atoms with Crippen molar-refractivity contribution in [1.82, 2.24) is 24.8 Å². The van der Waals surface area contributed by atoms with Crippen LogP contribution in [0.15, 0.2) is 49.1 Å². The van der Waals surface area contributed by atoms with E-state index in [0.717, 1.165) is 5.56 Å². The van der Waals surface area contributed by atoms with Crippen LogP contribution in [0.5, 0.6) is 0 Å². The molecule has 1 aromatic carbocycles. The van der Waals surface area contributed by atoms with Gasteiger partial charge in [-0.05, 0) is 12.5 Å². The topological polar surface area (TPSA) is 136 Å². The van der Waals surface area contributed by atoms with Crippen molar-refractivity contribution in [3.05, 3.63) is 66.1 Å². The smallest absolute Gasteiger partial charge is 0.287 e. The quantitative estimate of drug-likeness (QED) is 0.517. The Hall–Kier alpha value is -3.75. The van der Waals surface area contributed by atoms with Gasteiger partial charge in [0.05, 0.1) is 18.7 Å². The monoisotopic (exact) mass is 366 g/mol. The van der Waals surface area contributed by atoms with Gasteiger partial charge in [0.2, 0.25) is 5.78 Å². The number of aryl methyl sites for hydroxylation is 1. The van der Waals surface area contributed by atoms with Gasteiger partial charge in [0, 0.05) is 6.42 Å². The number of nitrogens with zero attached hydrogens (tertiary/aromatic N) is 3. The average molecular weight is 366 g/mol. The Morgan fingerprint density at radius 1 is 1.22 bits per heavy atom. The third-order valence-corrected chi connectivity index (χ3v) is 4.04. The number of aromatic nitrogens is 4. The molecule has 0 aliphatic rings. The standard InChI is InChI=1S/C18H18N6O3/c1-11-21-8-14(24(11)15-9-20-10-22-15)18(27)23-13(16(25)17(19)26)7-12-5-3-2-4-6-12/h2-6,8-10,13H,7H2,1H3,(H2,19,26)(H,20,22)(H,23,27). The highest BCUT2D eigenvalue weighted by Gasteiger charge is 2.27. The summed E-state index contributed by atoms with van der Waals surface area (Å²) in [6.07, 6.45) is 4.55. The van der Waals surface area contributed by atoms with Crippen molar-refractivity contribution in [1.29, 1.82) is 0 Å². The van der Waals surface area contributed by atoms with E-state index >= 15 is 0 Å². The van der Waals surface area contributed by atoms with Gasteiger partial charge >= 0.3 is 0 Å². The van der Waals surface area contributed by atoms with Crippen LogP contribution in [0.25, 0.3) is 5.82 Å². The van der Waals surface area contributed by atoms with Crippen molar-refractivity contribution in [3.63, 3.8) is 0 Å². The minimum absolute atomic E-state index is 0.144. The van der Waals surface area contributed by atoms with E-state index in [1.54, 1.807) is 42.0 Å². The molecule has 9 heteroatoms. The summed E-state index contributed by atoms with van der Waals surface area (Å²) in [5.74, 6) is -1.41. The molecule has 27 heavy (non-hydrogen) atoms. The zero-order valence-electron chi connectivity index (χ0n) is 14.5. The average Bonchev–Trinajstić information content (AvgIpc) is 3.30. The summed E-state index contributed by atoms with van der Waals surface area (Å²) in [7, 11) is 0. The normalized spacial score (nSPS) is 11.7. The molecule has 2 heterocycles. The second-order valence-corrected chi connectivity index (χ2v) is 5.91. The van der Waals surface area contributed by atoms with E-state index in [4.69, 9.17) is 5.73 Å². The van der Waals surface area contributed by atoms with E-state index in [2.05, 4.69) is 20.3 Å². The second-order valence-electron chi connectivity index (χ2n) is 5.91. The molecule has 0 saturated carbocycles. The summed E-state index contributed by atoms with van der Waals surface area (Å²) in [6.45, 7) is 1.73. The number of Topliss-reactive ketones (excluding diaryl/α,β-unsaturated/α-hetero) is 1. The van der Waals surface area contributed by atoms with Gasteiger partial charge < -0.3 is 16.0 Å². The van der Waals surface area contributed by atoms with Gasteiger partial charge in [-0.2, -0.15) is 0 Å². The first kappa shape index (κ1) is 18.1. The van der Waals surface area contributed by atoms with Crippen LogP contribution in [0.3, 0.4) is 0 Å². The van der Waals surface area contributed by atoms with Gasteiger partial charge in [-0.25, -0.2) is 9.97 Å². The molecule has 3 rings (SSSR count). The first-order chi connectivity index (χ1) is 13.0. The van der Waals surface area contributed by atoms with Crippen molar-refractivity contribution in [3.8, 4) is 5.82 Å². The lowest BCUT2D eigenvalue weighted by molar-refractivity contribution is -0.137. The van der Waals surface area contributed by atoms with Crippen molar-refractivity contribution in [2.24, 2.45) is 5.73 Å². The molecule has 0 spiro atoms. The van der Waals surface area contributed by atoms with E-state index in [9.17, 15) is 14.4 Å². The molecule has 1 atom stereocenters. The lowest BCUT2D eigenvalue weighted by atomic mass is 10.0. The molecular formula is C18H18N6O3. The molecule has 0 saturated heterocycles. The fraction of sp³-hybridized carbons (Fsp3) is 0.167. The first-order valence-electron chi connectivity index (χ1n) is 8.19. The van der Waals surface area contributed by atoms with E-state index in [1.807, 2.05) is 6.07 Å². The van der Waals surface area contributed by atoms with E-state index in [1.165, 1.54) is 12.5 Å². The number of nitrogens with one attached hydrogen (secondary N) is 2. The van der Waals surface area contributed by atoms with Crippen molar-refractivity contribution in [2.45, 2.75) is 19.4 Å². The Kier molecular flexibility index (Phi) is 5.11. The highest BCUT2D eigenvalue weighted by atomic mass is 16.2. The van der Waals surface area contributed by atoms with Crippen molar-refractivity contribution >= 4 is 17.6 Å². The number of ketones is 1. The highest BCUT2D eigenvalue weighted by Crippen LogP contribution is 2.13. The number of amides is 2. The molecule has 9 nitrogen and oxygen atoms in total. The number of carbonyl (C=O) groups excluding carboxylic acids is 3. The molecule has 4 N–H and O–H groups in total. The molecule has 0 fully saturated rings. The van der Waals surface area contributed by atoms with Crippen LogP contribution in [-0.2, 0) is 16.0 Å². The third-order valence-electron chi connectivity index (χ3n) is 4.04. The fourth-order valence-electron chi connectivity index (χ4n) is 2.74. The molecule has 0 bridgehead atoms. The number of benzene rings is 1. The second kappa shape index (κ2) is 7.65. The summed E-state index contributed by atoms with van der Waals surface area (Å²) < 4.78 is 1.57. The SMILES string of the molecule is Cc1ncc(C(=O)NC(Cc2ccccc2)C(=O)C(N)=O)n1-c1cnc[nH]1. The number of hydrogen-bond acceptors (Lipinski definition) is 5. The number of imidazole rings is 2. The Labute approximate surface area is 154 Å². The zero-order chi connectivity index (χ0) is 19.4. The maximum Gasteiger partial charge on any atom is 0.287 e. The summed E-state index contributed by atoms with van der Waals surface area (Å²) >= 11 is 0. The van der Waals surface area contributed by atoms with Crippen molar-refractivity contribution < 1.29 is 14.4 Å². The van der Waals surface area contributed by atoms with Crippen LogP contribution in [0.1, 0.15) is 21.9 Å². The van der Waals surface area contributed by atoms with E-state index in [0.29, 0.717) is 11.6 Å². The number of hydrogen-bond donors (Lipinski definition) is 3. The molecule has 0 aliphatic heterocycles. The van der Waals surface area contributed by atoms with Gasteiger partial charge in [0.25, 0.3) is 11.8 Å². The summed E-state index contributed by atoms with van der Waals surface area (Å²) in [4.78, 5) is 47.4. The molecular weight excluding hydrogens is 348 g/mol. The fourth-order valence-corrected chi connectivity index (χ4v) is 2.74. The Bertz CT molecular complexity index is 962. The predicted octanol–water partition coefficient (Wildman–Crippen LogP) is 0.299. The van der Waals surface area contributed by atoms with E-state index < -0.39 is 23.6 Å². The lowest BCUT2D eigenvalue weighted by Crippen LogP contribution is -2.47. The largest absolute Gasteiger partial charge is 0.363 e. The number of aromatic amines is 1. The van der Waals surface area contributed by atoms with Crippen LogP contribution in [0.4, 0.5) is 0 Å². The first-order valence-corrected chi connectivity index (χ1v) is 8.19. The summed E-state index contributed by atoms with van der Waals surface area (Å²) in [6, 6.07) is 7.96. The maximum absolute atomic E-state index is 12.8. The minimum atomic E-state index is -1.10. The lowest BCUT2D eigenvalue weighted by Gasteiger charge is -2.17.